The third kappa shape index (κ3) is 4.83. The largest absolute Gasteiger partial charge is 0.310 e. The Morgan fingerprint density at radius 1 is 0.411 bits per heavy atom. The van der Waals surface area contributed by atoms with Crippen molar-refractivity contribution in [2.75, 3.05) is 4.90 Å². The summed E-state index contributed by atoms with van der Waals surface area (Å²) in [4.78, 5) is 2.48. The zero-order chi connectivity index (χ0) is 38.1. The molecular weight excluding hydrogens is 671 g/mol. The normalized spacial score (nSPS) is 12.8. The predicted octanol–water partition coefficient (Wildman–Crippen LogP) is 3.91. The van der Waals surface area contributed by atoms with E-state index in [-0.39, 0.29) is 0 Å². The first kappa shape index (κ1) is 34.2. The standard InChI is InChI=1S/C49H39B5N2/c50-43-44(51)46(53)48(47(54)45(43)52)56-39-25-13-11-21-34(39)35-28-27-33(29-41(35)56)55(32-19-8-3-9-20-32)40-26-14-24-38-42(40)36-22-10-12-23-37(36)49(38,30-15-4-1-5-16-30)31-17-6-2-7-18-31/h1-29H,50-54H2. The van der Waals surface area contributed by atoms with E-state index < -0.39 is 5.41 Å². The first-order chi connectivity index (χ1) is 27.4. The van der Waals surface area contributed by atoms with Gasteiger partial charge in [-0.15, -0.1) is 5.46 Å². The molecule has 260 valence electrons. The number of nitrogens with zero attached hydrogens (tertiary/aromatic N) is 2. The molecule has 10 rings (SSSR count). The van der Waals surface area contributed by atoms with Crippen LogP contribution in [0.3, 0.4) is 0 Å². The topological polar surface area (TPSA) is 8.17 Å². The van der Waals surface area contributed by atoms with Crippen LogP contribution in [0.1, 0.15) is 22.3 Å². The fraction of sp³-hybridized carbons (Fsp3) is 0.0204. The Bertz CT molecular complexity index is 2910. The van der Waals surface area contributed by atoms with Gasteiger partial charge in [-0.3, -0.25) is 0 Å². The molecule has 0 amide bonds. The van der Waals surface area contributed by atoms with Crippen molar-refractivity contribution in [3.8, 4) is 16.8 Å². The van der Waals surface area contributed by atoms with Gasteiger partial charge in [-0.1, -0.05) is 161 Å². The van der Waals surface area contributed by atoms with Gasteiger partial charge < -0.3 is 9.47 Å². The molecule has 0 saturated carbocycles. The summed E-state index contributed by atoms with van der Waals surface area (Å²) in [5, 5.41) is 2.52. The summed E-state index contributed by atoms with van der Waals surface area (Å²) in [6.07, 6.45) is 0. The first-order valence-electron chi connectivity index (χ1n) is 19.7. The molecular formula is C49H39B5N2. The number of aromatic nitrogens is 1. The van der Waals surface area contributed by atoms with Crippen LogP contribution in [-0.2, 0) is 5.41 Å². The molecule has 0 spiro atoms. The summed E-state index contributed by atoms with van der Waals surface area (Å²) in [5.41, 5.74) is 21.0. The Balaban J connectivity index is 1.30. The van der Waals surface area contributed by atoms with E-state index in [1.807, 2.05) is 0 Å². The maximum Gasteiger partial charge on any atom is 0.141 e. The molecule has 0 aliphatic heterocycles. The average Bonchev–Trinajstić information content (AvgIpc) is 3.74. The molecule has 0 fully saturated rings. The molecule has 0 atom stereocenters. The van der Waals surface area contributed by atoms with Gasteiger partial charge in [-0.25, -0.2) is 0 Å². The zero-order valence-corrected chi connectivity index (χ0v) is 32.6. The summed E-state index contributed by atoms with van der Waals surface area (Å²) in [5.74, 6) is 0. The summed E-state index contributed by atoms with van der Waals surface area (Å²) in [6.45, 7) is 0. The second-order valence-corrected chi connectivity index (χ2v) is 15.4. The molecule has 1 heterocycles. The van der Waals surface area contributed by atoms with E-state index >= 15 is 0 Å². The van der Waals surface area contributed by atoms with Gasteiger partial charge in [0.05, 0.1) is 22.1 Å². The second-order valence-electron chi connectivity index (χ2n) is 15.4. The van der Waals surface area contributed by atoms with Crippen molar-refractivity contribution < 1.29 is 0 Å². The maximum atomic E-state index is 2.53. The van der Waals surface area contributed by atoms with Gasteiger partial charge in [0.15, 0.2) is 0 Å². The number of hydrogen-bond acceptors (Lipinski definition) is 1. The Labute approximate surface area is 333 Å². The van der Waals surface area contributed by atoms with Gasteiger partial charge in [0.2, 0.25) is 0 Å². The van der Waals surface area contributed by atoms with Crippen molar-refractivity contribution in [2.24, 2.45) is 0 Å². The molecule has 7 heteroatoms. The van der Waals surface area contributed by atoms with Gasteiger partial charge in [-0.05, 0) is 64.2 Å². The summed E-state index contributed by atoms with van der Waals surface area (Å²) in [6, 6.07) is 65.0. The van der Waals surface area contributed by atoms with Crippen LogP contribution >= 0.6 is 0 Å². The summed E-state index contributed by atoms with van der Waals surface area (Å²) < 4.78 is 2.53. The lowest BCUT2D eigenvalue weighted by atomic mass is 9.61. The number of para-hydroxylation sites is 2. The van der Waals surface area contributed by atoms with Crippen LogP contribution in [0.15, 0.2) is 176 Å². The SMILES string of the molecule is Bc1c(B)c(B)c(-n2c3ccccc3c3ccc(N(c4ccccc4)c4cccc5c4-c4ccccc4C5(c4ccccc4)c4ccccc4)cc32)c(B)c1B. The van der Waals surface area contributed by atoms with E-state index in [1.165, 1.54) is 88.2 Å². The maximum absolute atomic E-state index is 2.53. The number of fused-ring (bicyclic) bond motifs is 6. The number of anilines is 3. The molecule has 0 unspecified atom stereocenters. The van der Waals surface area contributed by atoms with Crippen LogP contribution in [0.25, 0.3) is 38.6 Å². The van der Waals surface area contributed by atoms with Gasteiger partial charge in [-0.2, -0.15) is 0 Å². The van der Waals surface area contributed by atoms with Crippen LogP contribution in [0.2, 0.25) is 0 Å². The third-order valence-corrected chi connectivity index (χ3v) is 12.8. The summed E-state index contributed by atoms with van der Waals surface area (Å²) >= 11 is 0. The number of hydrogen-bond donors (Lipinski definition) is 0. The van der Waals surface area contributed by atoms with Crippen molar-refractivity contribution in [1.82, 2.24) is 4.57 Å². The highest BCUT2D eigenvalue weighted by atomic mass is 15.1. The number of benzene rings is 8. The van der Waals surface area contributed by atoms with Crippen molar-refractivity contribution in [3.05, 3.63) is 198 Å². The molecule has 9 aromatic rings. The third-order valence-electron chi connectivity index (χ3n) is 12.8. The Kier molecular flexibility index (Phi) is 8.04. The molecule has 1 aliphatic carbocycles. The van der Waals surface area contributed by atoms with Gasteiger partial charge in [0.25, 0.3) is 0 Å². The summed E-state index contributed by atoms with van der Waals surface area (Å²) in [7, 11) is 11.4. The fourth-order valence-corrected chi connectivity index (χ4v) is 9.82. The van der Waals surface area contributed by atoms with Crippen LogP contribution in [-0.4, -0.2) is 43.8 Å². The molecule has 0 bridgehead atoms. The fourth-order valence-electron chi connectivity index (χ4n) is 9.82. The smallest absolute Gasteiger partial charge is 0.141 e. The van der Waals surface area contributed by atoms with Gasteiger partial charge in [0, 0.05) is 33.4 Å². The van der Waals surface area contributed by atoms with Crippen LogP contribution in [0.4, 0.5) is 17.1 Å². The van der Waals surface area contributed by atoms with E-state index in [0.717, 1.165) is 17.1 Å². The van der Waals surface area contributed by atoms with Gasteiger partial charge >= 0.3 is 0 Å². The van der Waals surface area contributed by atoms with E-state index in [4.69, 9.17) is 0 Å². The minimum Gasteiger partial charge on any atom is -0.310 e. The van der Waals surface area contributed by atoms with Crippen molar-refractivity contribution in [1.29, 1.82) is 0 Å². The van der Waals surface area contributed by atoms with E-state index in [9.17, 15) is 0 Å². The van der Waals surface area contributed by atoms with Crippen molar-refractivity contribution >= 4 is 105 Å². The second kappa shape index (κ2) is 13.2. The Hall–Kier alpha value is -6.32. The Morgan fingerprint density at radius 3 is 1.62 bits per heavy atom. The molecule has 0 N–H and O–H groups in total. The highest BCUT2D eigenvalue weighted by Gasteiger charge is 2.47. The van der Waals surface area contributed by atoms with Crippen LogP contribution in [0, 0.1) is 0 Å². The quantitative estimate of drug-likeness (QED) is 0.238. The molecule has 1 aliphatic rings. The average molecular weight is 710 g/mol. The first-order valence-corrected chi connectivity index (χ1v) is 19.7. The lowest BCUT2D eigenvalue weighted by Gasteiger charge is -2.34. The predicted molar refractivity (Wildman–Crippen MR) is 254 cm³/mol. The Morgan fingerprint density at radius 2 is 0.946 bits per heavy atom. The molecule has 2 nitrogen and oxygen atoms in total. The van der Waals surface area contributed by atoms with E-state index in [0.29, 0.717) is 0 Å². The van der Waals surface area contributed by atoms with Crippen LogP contribution in [0.5, 0.6) is 0 Å². The van der Waals surface area contributed by atoms with E-state index in [2.05, 4.69) is 225 Å². The minimum absolute atomic E-state index is 0.487. The number of rotatable bonds is 6. The minimum atomic E-state index is -0.487. The molecule has 8 aromatic carbocycles. The molecule has 1 aromatic heterocycles. The highest BCUT2D eigenvalue weighted by molar-refractivity contribution is 6.68. The zero-order valence-electron chi connectivity index (χ0n) is 32.6. The molecule has 0 radical (unpaired) electrons. The van der Waals surface area contributed by atoms with Gasteiger partial charge in [0.1, 0.15) is 39.2 Å². The molecule has 56 heavy (non-hydrogen) atoms. The lowest BCUT2D eigenvalue weighted by molar-refractivity contribution is 0.768. The monoisotopic (exact) mass is 710 g/mol. The van der Waals surface area contributed by atoms with Crippen molar-refractivity contribution in [3.63, 3.8) is 0 Å². The van der Waals surface area contributed by atoms with Crippen LogP contribution < -0.4 is 32.2 Å². The highest BCUT2D eigenvalue weighted by Crippen LogP contribution is 2.59. The van der Waals surface area contributed by atoms with Crippen molar-refractivity contribution in [2.45, 2.75) is 5.41 Å². The van der Waals surface area contributed by atoms with E-state index in [1.54, 1.807) is 0 Å². The lowest BCUT2D eigenvalue weighted by Crippen LogP contribution is -2.56. The molecule has 0 saturated heterocycles.